The lowest BCUT2D eigenvalue weighted by Crippen LogP contribution is -2.19. The molecule has 0 rings (SSSR count). The molecule has 0 bridgehead atoms. The van der Waals surface area contributed by atoms with Crippen molar-refractivity contribution in [1.82, 2.24) is 0 Å². The van der Waals surface area contributed by atoms with Gasteiger partial charge in [0.25, 0.3) is 0 Å². The fourth-order valence-electron chi connectivity index (χ4n) is 8.30. The Morgan fingerprint density at radius 1 is 0.364 bits per heavy atom. The van der Waals surface area contributed by atoms with Crippen LogP contribution in [0.15, 0.2) is 12.2 Å². The lowest BCUT2D eigenvalue weighted by molar-refractivity contribution is -0.141. The van der Waals surface area contributed by atoms with E-state index in [0.29, 0.717) is 30.6 Å². The number of esters is 1. The zero-order chi connectivity index (χ0) is 40.1. The van der Waals surface area contributed by atoms with Crippen LogP contribution >= 0.6 is 0 Å². The van der Waals surface area contributed by atoms with Gasteiger partial charge in [-0.3, -0.25) is 0 Å². The average Bonchev–Trinajstić information content (AvgIpc) is 3.19. The van der Waals surface area contributed by atoms with Crippen molar-refractivity contribution in [1.29, 1.82) is 0 Å². The highest BCUT2D eigenvalue weighted by atomic mass is 16.5. The van der Waals surface area contributed by atoms with Crippen LogP contribution in [0.4, 0.5) is 0 Å². The van der Waals surface area contributed by atoms with Gasteiger partial charge >= 0.3 is 5.97 Å². The van der Waals surface area contributed by atoms with Crippen molar-refractivity contribution in [2.75, 3.05) is 19.8 Å². The Balaban J connectivity index is 4.65. The fourth-order valence-corrected chi connectivity index (χ4v) is 8.30. The van der Waals surface area contributed by atoms with Crippen LogP contribution in [0.5, 0.6) is 0 Å². The predicted molar refractivity (Wildman–Crippen MR) is 245 cm³/mol. The highest BCUT2D eigenvalue weighted by molar-refractivity contribution is 5.87. The van der Waals surface area contributed by atoms with E-state index in [4.69, 9.17) is 9.47 Å². The van der Waals surface area contributed by atoms with Gasteiger partial charge in [-0.05, 0) is 37.5 Å². The van der Waals surface area contributed by atoms with Crippen molar-refractivity contribution in [3.8, 4) is 0 Å². The first-order valence-corrected chi connectivity index (χ1v) is 25.5. The van der Waals surface area contributed by atoms with E-state index in [2.05, 4.69) is 34.3 Å². The molecule has 0 heterocycles. The summed E-state index contributed by atoms with van der Waals surface area (Å²) < 4.78 is 12.2. The summed E-state index contributed by atoms with van der Waals surface area (Å²) in [5, 5.41) is 0. The second kappa shape index (κ2) is 45.9. The second-order valence-corrected chi connectivity index (χ2v) is 17.9. The largest absolute Gasteiger partial charge is 0.462 e. The van der Waals surface area contributed by atoms with Gasteiger partial charge < -0.3 is 9.47 Å². The van der Waals surface area contributed by atoms with Gasteiger partial charge in [0.15, 0.2) is 0 Å². The first-order chi connectivity index (χ1) is 27.1. The maximum atomic E-state index is 13.1. The normalized spacial score (nSPS) is 12.7. The lowest BCUT2D eigenvalue weighted by Gasteiger charge is -2.19. The third-order valence-electron chi connectivity index (χ3n) is 12.2. The number of rotatable bonds is 47. The Morgan fingerprint density at radius 2 is 0.600 bits per heavy atom. The van der Waals surface area contributed by atoms with E-state index >= 15 is 0 Å². The maximum absolute atomic E-state index is 13.1. The van der Waals surface area contributed by atoms with Gasteiger partial charge in [0.2, 0.25) is 0 Å². The predicted octanol–water partition coefficient (Wildman–Crippen LogP) is 18.0. The van der Waals surface area contributed by atoms with E-state index in [1.807, 2.05) is 0 Å². The van der Waals surface area contributed by atoms with Crippen LogP contribution in [0.1, 0.15) is 285 Å². The Bertz CT molecular complexity index is 762. The van der Waals surface area contributed by atoms with E-state index in [0.717, 1.165) is 6.61 Å². The summed E-state index contributed by atoms with van der Waals surface area (Å²) in [5.41, 5.74) is 0.495. The summed E-state index contributed by atoms with van der Waals surface area (Å²) in [5.74, 6) is 0.831. The number of carbonyl (C=O) groups is 1. The van der Waals surface area contributed by atoms with Crippen LogP contribution in [0.25, 0.3) is 0 Å². The van der Waals surface area contributed by atoms with Gasteiger partial charge in [-0.25, -0.2) is 4.79 Å². The minimum atomic E-state index is -0.238. The van der Waals surface area contributed by atoms with Crippen molar-refractivity contribution in [2.45, 2.75) is 285 Å². The molecule has 2 atom stereocenters. The standard InChI is InChI=1S/C52H102O3/c1-6-10-14-18-22-26-28-32-35-39-43-50(42-38-34-30-24-20-16-12-8-3)47-54-46-49(5)52(53)55-48-51(44-40-36-31-25-21-17-13-9-4)45-41-37-33-29-27-23-19-15-11-7-2/h50-51H,5-48H2,1-4H3. The molecule has 2 unspecified atom stereocenters. The van der Waals surface area contributed by atoms with Gasteiger partial charge in [-0.2, -0.15) is 0 Å². The van der Waals surface area contributed by atoms with E-state index in [1.165, 1.54) is 257 Å². The van der Waals surface area contributed by atoms with Gasteiger partial charge in [0.1, 0.15) is 0 Å². The third kappa shape index (κ3) is 41.1. The molecule has 3 heteroatoms. The average molecular weight is 775 g/mol. The molecular formula is C52H102O3. The van der Waals surface area contributed by atoms with Crippen molar-refractivity contribution in [3.05, 3.63) is 12.2 Å². The minimum absolute atomic E-state index is 0.238. The zero-order valence-corrected chi connectivity index (χ0v) is 38.5. The highest BCUT2D eigenvalue weighted by Gasteiger charge is 2.16. The molecule has 3 nitrogen and oxygen atoms in total. The monoisotopic (exact) mass is 775 g/mol. The van der Waals surface area contributed by atoms with Gasteiger partial charge in [0, 0.05) is 6.61 Å². The summed E-state index contributed by atoms with van der Waals surface area (Å²) in [6.07, 6.45) is 54.0. The number of carbonyl (C=O) groups excluding carboxylic acids is 1. The number of hydrogen-bond donors (Lipinski definition) is 0. The molecule has 0 N–H and O–H groups in total. The molecule has 0 radical (unpaired) electrons. The first-order valence-electron chi connectivity index (χ1n) is 25.5. The molecule has 0 aliphatic carbocycles. The van der Waals surface area contributed by atoms with Gasteiger partial charge in [0.05, 0.1) is 18.8 Å². The minimum Gasteiger partial charge on any atom is -0.462 e. The molecule has 0 aromatic carbocycles. The summed E-state index contributed by atoms with van der Waals surface area (Å²) in [7, 11) is 0. The molecule has 0 aliphatic rings. The fraction of sp³-hybridized carbons (Fsp3) is 0.942. The van der Waals surface area contributed by atoms with Crippen LogP contribution in [-0.2, 0) is 14.3 Å². The van der Waals surface area contributed by atoms with E-state index < -0.39 is 0 Å². The van der Waals surface area contributed by atoms with Crippen LogP contribution in [0.3, 0.4) is 0 Å². The van der Waals surface area contributed by atoms with Crippen molar-refractivity contribution in [2.24, 2.45) is 11.8 Å². The molecule has 328 valence electrons. The molecule has 0 saturated carbocycles. The topological polar surface area (TPSA) is 35.5 Å². The number of unbranched alkanes of at least 4 members (excludes halogenated alkanes) is 32. The summed E-state index contributed by atoms with van der Waals surface area (Å²) in [4.78, 5) is 13.1. The Morgan fingerprint density at radius 3 is 0.873 bits per heavy atom. The van der Waals surface area contributed by atoms with Crippen molar-refractivity contribution >= 4 is 5.97 Å². The zero-order valence-electron chi connectivity index (χ0n) is 38.5. The highest BCUT2D eigenvalue weighted by Crippen LogP contribution is 2.23. The summed E-state index contributed by atoms with van der Waals surface area (Å²) in [6, 6.07) is 0. The summed E-state index contributed by atoms with van der Waals surface area (Å²) in [6.45, 7) is 14.9. The van der Waals surface area contributed by atoms with E-state index in [-0.39, 0.29) is 5.97 Å². The quantitative estimate of drug-likeness (QED) is 0.0351. The molecule has 0 aromatic rings. The van der Waals surface area contributed by atoms with Crippen molar-refractivity contribution in [3.63, 3.8) is 0 Å². The molecule has 0 saturated heterocycles. The van der Waals surface area contributed by atoms with E-state index in [9.17, 15) is 4.79 Å². The van der Waals surface area contributed by atoms with E-state index in [1.54, 1.807) is 0 Å². The molecular weight excluding hydrogens is 673 g/mol. The Labute approximate surface area is 347 Å². The number of ether oxygens (including phenoxy) is 2. The van der Waals surface area contributed by atoms with Gasteiger partial charge in [-0.15, -0.1) is 0 Å². The van der Waals surface area contributed by atoms with Crippen LogP contribution in [0, 0.1) is 11.8 Å². The second-order valence-electron chi connectivity index (χ2n) is 17.9. The first kappa shape index (κ1) is 54.2. The van der Waals surface area contributed by atoms with Crippen molar-refractivity contribution < 1.29 is 14.3 Å². The Hall–Kier alpha value is -0.830. The molecule has 55 heavy (non-hydrogen) atoms. The molecule has 0 aliphatic heterocycles. The van der Waals surface area contributed by atoms with Crippen LogP contribution in [0.2, 0.25) is 0 Å². The van der Waals surface area contributed by atoms with Gasteiger partial charge in [-0.1, -0.05) is 265 Å². The SMILES string of the molecule is C=C(COCC(CCCCCCCCCC)CCCCCCCCCCCC)C(=O)OCC(CCCCCCCCCC)CCCCCCCCCCCC. The molecule has 0 fully saturated rings. The molecule has 0 aromatic heterocycles. The maximum Gasteiger partial charge on any atom is 0.335 e. The van der Waals surface area contributed by atoms with Crippen LogP contribution < -0.4 is 0 Å². The molecule has 0 spiro atoms. The Kier molecular flexibility index (Phi) is 45.2. The smallest absolute Gasteiger partial charge is 0.335 e. The number of hydrogen-bond acceptors (Lipinski definition) is 3. The molecule has 0 amide bonds. The summed E-state index contributed by atoms with van der Waals surface area (Å²) >= 11 is 0. The third-order valence-corrected chi connectivity index (χ3v) is 12.2. The lowest BCUT2D eigenvalue weighted by atomic mass is 9.94. The van der Waals surface area contributed by atoms with Crippen LogP contribution in [-0.4, -0.2) is 25.8 Å².